The van der Waals surface area contributed by atoms with Gasteiger partial charge in [0.2, 0.25) is 0 Å². The molecule has 0 unspecified atom stereocenters. The third-order valence-electron chi connectivity index (χ3n) is 1.82. The minimum atomic E-state index is -1.29. The molecule has 0 spiro atoms. The summed E-state index contributed by atoms with van der Waals surface area (Å²) in [4.78, 5) is 9.45. The smallest absolute Gasteiger partial charge is 0.450 e. The van der Waals surface area contributed by atoms with Gasteiger partial charge in [0.1, 0.15) is 0 Å². The van der Waals surface area contributed by atoms with E-state index in [1.165, 1.54) is 11.8 Å². The molecule has 1 heterocycles. The van der Waals surface area contributed by atoms with E-state index in [4.69, 9.17) is 10.8 Å². The van der Waals surface area contributed by atoms with Gasteiger partial charge in [-0.1, -0.05) is 11.8 Å². The van der Waals surface area contributed by atoms with Crippen molar-refractivity contribution in [3.63, 3.8) is 0 Å². The molecule has 1 aliphatic rings. The Morgan fingerprint density at radius 2 is 2.50 bits per heavy atom. The van der Waals surface area contributed by atoms with E-state index in [1.807, 2.05) is 12.3 Å². The molecule has 0 aromatic rings. The van der Waals surface area contributed by atoms with E-state index in [0.717, 1.165) is 5.57 Å². The van der Waals surface area contributed by atoms with Crippen LogP contribution >= 0.6 is 11.8 Å². The molecule has 0 aromatic carbocycles. The van der Waals surface area contributed by atoms with Crippen LogP contribution in [0.5, 0.6) is 0 Å². The third kappa shape index (κ3) is 1.56. The van der Waals surface area contributed by atoms with Crippen LogP contribution in [0.25, 0.3) is 0 Å². The maximum Gasteiger partial charge on any atom is 0.507 e. The second-order valence-corrected chi connectivity index (χ2v) is 4.12. The van der Waals surface area contributed by atoms with Crippen molar-refractivity contribution >= 4 is 17.9 Å². The summed E-state index contributed by atoms with van der Waals surface area (Å²) in [6.45, 7) is 3.53. The number of hydrogen-bond acceptors (Lipinski definition) is 4. The summed E-state index contributed by atoms with van der Waals surface area (Å²) in [5.41, 5.74) is 6.68. The molecule has 5 heteroatoms. The molecule has 0 bridgehead atoms. The van der Waals surface area contributed by atoms with Crippen molar-refractivity contribution in [2.75, 3.05) is 0 Å². The minimum absolute atomic E-state index is 0.349. The lowest BCUT2D eigenvalue weighted by molar-refractivity contribution is 0.0378. The molecule has 0 radical (unpaired) electrons. The fraction of sp³-hybridized carbons (Fsp3) is 0.571. The molecule has 12 heavy (non-hydrogen) atoms. The zero-order valence-electron chi connectivity index (χ0n) is 6.90. The molecule has 0 aliphatic carbocycles. The standard InChI is InChI=1S/C7H11NO3S/c1-4-3-12-7(2,5(4)8)11-6(9)10/h3,5H,8H2,1-2H3,(H,9,10)/t5-,7+/m0/s1. The maximum absolute atomic E-state index is 10.3. The monoisotopic (exact) mass is 189 g/mol. The van der Waals surface area contributed by atoms with Gasteiger partial charge in [-0.2, -0.15) is 0 Å². The van der Waals surface area contributed by atoms with Crippen LogP contribution in [-0.4, -0.2) is 22.2 Å². The zero-order valence-corrected chi connectivity index (χ0v) is 7.72. The summed E-state index contributed by atoms with van der Waals surface area (Å²) >= 11 is 1.30. The van der Waals surface area contributed by atoms with E-state index < -0.39 is 11.1 Å². The molecular weight excluding hydrogens is 178 g/mol. The summed E-state index contributed by atoms with van der Waals surface area (Å²) in [5, 5.41) is 10.3. The lowest BCUT2D eigenvalue weighted by Crippen LogP contribution is -2.43. The number of carbonyl (C=O) groups is 1. The van der Waals surface area contributed by atoms with Crippen LogP contribution in [0.3, 0.4) is 0 Å². The second-order valence-electron chi connectivity index (χ2n) is 2.84. The Labute approximate surface area is 74.8 Å². The molecule has 0 fully saturated rings. The normalized spacial score (nSPS) is 34.6. The Kier molecular flexibility index (Phi) is 2.34. The van der Waals surface area contributed by atoms with Crippen LogP contribution in [0.4, 0.5) is 4.79 Å². The largest absolute Gasteiger partial charge is 0.507 e. The number of rotatable bonds is 1. The average molecular weight is 189 g/mol. The van der Waals surface area contributed by atoms with Gasteiger partial charge in [0.15, 0.2) is 4.93 Å². The Morgan fingerprint density at radius 1 is 1.92 bits per heavy atom. The number of thioether (sulfide) groups is 1. The van der Waals surface area contributed by atoms with Gasteiger partial charge in [0.25, 0.3) is 0 Å². The molecule has 0 aromatic heterocycles. The van der Waals surface area contributed by atoms with Crippen LogP contribution < -0.4 is 5.73 Å². The number of carboxylic acid groups (broad SMARTS) is 1. The van der Waals surface area contributed by atoms with Gasteiger partial charge in [0, 0.05) is 0 Å². The molecule has 0 saturated carbocycles. The highest BCUT2D eigenvalue weighted by Gasteiger charge is 2.41. The van der Waals surface area contributed by atoms with Gasteiger partial charge in [0.05, 0.1) is 6.04 Å². The summed E-state index contributed by atoms with van der Waals surface area (Å²) < 4.78 is 4.68. The first-order valence-electron chi connectivity index (χ1n) is 3.48. The zero-order chi connectivity index (χ0) is 9.35. The second kappa shape index (κ2) is 2.99. The highest BCUT2D eigenvalue weighted by Crippen LogP contribution is 2.40. The van der Waals surface area contributed by atoms with E-state index in [9.17, 15) is 4.79 Å². The first-order valence-corrected chi connectivity index (χ1v) is 4.35. The highest BCUT2D eigenvalue weighted by atomic mass is 32.2. The molecule has 1 rings (SSSR count). The molecule has 68 valence electrons. The van der Waals surface area contributed by atoms with Gasteiger partial charge >= 0.3 is 6.16 Å². The van der Waals surface area contributed by atoms with E-state index in [-0.39, 0.29) is 6.04 Å². The molecular formula is C7H11NO3S. The summed E-state index contributed by atoms with van der Waals surface area (Å²) in [5.74, 6) is 0. The highest BCUT2D eigenvalue weighted by molar-refractivity contribution is 8.03. The fourth-order valence-electron chi connectivity index (χ4n) is 1.03. The molecule has 3 N–H and O–H groups in total. The topological polar surface area (TPSA) is 72.5 Å². The fourth-order valence-corrected chi connectivity index (χ4v) is 2.05. The van der Waals surface area contributed by atoms with Crippen LogP contribution in [0.2, 0.25) is 0 Å². The number of nitrogens with two attached hydrogens (primary N) is 1. The molecule has 1 aliphatic heterocycles. The summed E-state index contributed by atoms with van der Waals surface area (Å²) in [6.07, 6.45) is -1.29. The van der Waals surface area contributed by atoms with E-state index in [0.29, 0.717) is 0 Å². The minimum Gasteiger partial charge on any atom is -0.450 e. The number of ether oxygens (including phenoxy) is 1. The lowest BCUT2D eigenvalue weighted by Gasteiger charge is -2.27. The molecule has 0 saturated heterocycles. The van der Waals surface area contributed by atoms with Crippen LogP contribution in [0, 0.1) is 0 Å². The Balaban J connectivity index is 2.70. The first kappa shape index (κ1) is 9.41. The van der Waals surface area contributed by atoms with Gasteiger partial charge in [-0.05, 0) is 24.8 Å². The Morgan fingerprint density at radius 3 is 2.83 bits per heavy atom. The lowest BCUT2D eigenvalue weighted by atomic mass is 10.1. The van der Waals surface area contributed by atoms with Gasteiger partial charge in [-0.3, -0.25) is 0 Å². The average Bonchev–Trinajstić information content (AvgIpc) is 2.16. The third-order valence-corrected chi connectivity index (χ3v) is 3.12. The Bertz CT molecular complexity index is 241. The molecule has 4 nitrogen and oxygen atoms in total. The first-order chi connectivity index (χ1) is 5.46. The van der Waals surface area contributed by atoms with Crippen molar-refractivity contribution in [2.24, 2.45) is 5.73 Å². The van der Waals surface area contributed by atoms with Crippen molar-refractivity contribution in [3.05, 3.63) is 11.0 Å². The summed E-state index contributed by atoms with van der Waals surface area (Å²) in [6, 6.07) is -0.349. The summed E-state index contributed by atoms with van der Waals surface area (Å²) in [7, 11) is 0. The predicted molar refractivity (Wildman–Crippen MR) is 46.8 cm³/mol. The number of hydrogen-bond donors (Lipinski definition) is 2. The quantitative estimate of drug-likeness (QED) is 0.609. The van der Waals surface area contributed by atoms with E-state index in [2.05, 4.69) is 4.74 Å². The SMILES string of the molecule is CC1=CS[C@@](C)(OC(=O)O)[C@H]1N. The van der Waals surface area contributed by atoms with Crippen molar-refractivity contribution in [3.8, 4) is 0 Å². The van der Waals surface area contributed by atoms with Gasteiger partial charge in [-0.25, -0.2) is 4.79 Å². The van der Waals surface area contributed by atoms with Crippen LogP contribution in [0.15, 0.2) is 11.0 Å². The molecule has 2 atom stereocenters. The predicted octanol–water partition coefficient (Wildman–Crippen LogP) is 1.38. The van der Waals surface area contributed by atoms with Gasteiger partial charge in [-0.15, -0.1) is 0 Å². The van der Waals surface area contributed by atoms with Crippen LogP contribution in [-0.2, 0) is 4.74 Å². The van der Waals surface area contributed by atoms with Crippen molar-refractivity contribution in [1.29, 1.82) is 0 Å². The van der Waals surface area contributed by atoms with E-state index in [1.54, 1.807) is 6.92 Å². The van der Waals surface area contributed by atoms with E-state index >= 15 is 0 Å². The molecule has 0 amide bonds. The maximum atomic E-state index is 10.3. The van der Waals surface area contributed by atoms with Crippen molar-refractivity contribution in [2.45, 2.75) is 24.8 Å². The Hall–Kier alpha value is -0.680. The van der Waals surface area contributed by atoms with Gasteiger partial charge < -0.3 is 15.6 Å². The van der Waals surface area contributed by atoms with Crippen molar-refractivity contribution < 1.29 is 14.6 Å². The van der Waals surface area contributed by atoms with Crippen LogP contribution in [0.1, 0.15) is 13.8 Å². The van der Waals surface area contributed by atoms with Crippen molar-refractivity contribution in [1.82, 2.24) is 0 Å².